The predicted molar refractivity (Wildman–Crippen MR) is 68.9 cm³/mol. The van der Waals surface area contributed by atoms with Crippen LogP contribution in [0.1, 0.15) is 38.3 Å². The summed E-state index contributed by atoms with van der Waals surface area (Å²) >= 11 is 0. The molecule has 0 heteroatoms. The van der Waals surface area contributed by atoms with E-state index < -0.39 is 0 Å². The van der Waals surface area contributed by atoms with Crippen LogP contribution in [-0.2, 0) is 6.42 Å². The second-order valence-corrected chi connectivity index (χ2v) is 4.19. The molecule has 0 saturated heterocycles. The van der Waals surface area contributed by atoms with Crippen LogP contribution < -0.4 is 0 Å². The molecule has 0 bridgehead atoms. The zero-order valence-corrected chi connectivity index (χ0v) is 10.0. The molecule has 0 atom stereocenters. The van der Waals surface area contributed by atoms with Gasteiger partial charge in [0.1, 0.15) is 0 Å². The molecule has 0 amide bonds. The smallest absolute Gasteiger partial charge is 0.0190 e. The lowest BCUT2D eigenvalue weighted by Gasteiger charge is -2.03. The molecular weight excluding hydrogens is 180 g/mol. The Morgan fingerprint density at radius 2 is 1.80 bits per heavy atom. The van der Waals surface area contributed by atoms with Crippen LogP contribution in [-0.4, -0.2) is 0 Å². The van der Waals surface area contributed by atoms with E-state index in [4.69, 9.17) is 0 Å². The largest absolute Gasteiger partial charge is 0.0912 e. The molecule has 1 aromatic rings. The van der Waals surface area contributed by atoms with Crippen molar-refractivity contribution in [2.45, 2.75) is 33.6 Å². The lowest BCUT2D eigenvalue weighted by Crippen LogP contribution is -1.85. The van der Waals surface area contributed by atoms with Crippen LogP contribution in [0.25, 0.3) is 5.57 Å². The third kappa shape index (κ3) is 3.75. The summed E-state index contributed by atoms with van der Waals surface area (Å²) in [5, 5.41) is 0. The first-order valence-corrected chi connectivity index (χ1v) is 5.56. The second kappa shape index (κ2) is 5.55. The molecule has 0 N–H and O–H groups in total. The molecule has 15 heavy (non-hydrogen) atoms. The Hall–Kier alpha value is -1.30. The standard InChI is InChI=1S/C15H20/c1-5-6-14-7-9-15(10-8-14)13(4)11-12(2)3/h7-11H,4-6H2,1-3H3. The average Bonchev–Trinajstić information content (AvgIpc) is 2.18. The first-order chi connectivity index (χ1) is 7.13. The van der Waals surface area contributed by atoms with Gasteiger partial charge in [-0.2, -0.15) is 0 Å². The van der Waals surface area contributed by atoms with Crippen molar-refractivity contribution in [3.63, 3.8) is 0 Å². The number of allylic oxidation sites excluding steroid dienone is 3. The van der Waals surface area contributed by atoms with Crippen molar-refractivity contribution in [1.82, 2.24) is 0 Å². The zero-order valence-electron chi connectivity index (χ0n) is 10.0. The van der Waals surface area contributed by atoms with E-state index in [9.17, 15) is 0 Å². The van der Waals surface area contributed by atoms with E-state index in [2.05, 4.69) is 57.7 Å². The van der Waals surface area contributed by atoms with Gasteiger partial charge in [-0.15, -0.1) is 0 Å². The van der Waals surface area contributed by atoms with E-state index >= 15 is 0 Å². The van der Waals surface area contributed by atoms with Gasteiger partial charge in [0, 0.05) is 0 Å². The zero-order chi connectivity index (χ0) is 11.3. The van der Waals surface area contributed by atoms with E-state index in [-0.39, 0.29) is 0 Å². The fraction of sp³-hybridized carbons (Fsp3) is 0.333. The Bertz CT molecular complexity index is 348. The summed E-state index contributed by atoms with van der Waals surface area (Å²) in [5.74, 6) is 0. The first kappa shape index (κ1) is 11.8. The van der Waals surface area contributed by atoms with E-state index in [1.165, 1.54) is 23.1 Å². The summed E-state index contributed by atoms with van der Waals surface area (Å²) in [6.45, 7) is 10.5. The van der Waals surface area contributed by atoms with Crippen molar-refractivity contribution >= 4 is 5.57 Å². The molecule has 0 unspecified atom stereocenters. The van der Waals surface area contributed by atoms with Gasteiger partial charge in [0.2, 0.25) is 0 Å². The normalized spacial score (nSPS) is 9.80. The summed E-state index contributed by atoms with van der Waals surface area (Å²) in [5.41, 5.74) is 5.01. The highest BCUT2D eigenvalue weighted by Gasteiger charge is 1.96. The van der Waals surface area contributed by atoms with Crippen LogP contribution in [0.2, 0.25) is 0 Å². The van der Waals surface area contributed by atoms with Gasteiger partial charge in [-0.3, -0.25) is 0 Å². The molecule has 0 fully saturated rings. The SMILES string of the molecule is C=C(C=C(C)C)c1ccc(CCC)cc1. The third-order valence-corrected chi connectivity index (χ3v) is 2.33. The van der Waals surface area contributed by atoms with Crippen molar-refractivity contribution in [1.29, 1.82) is 0 Å². The van der Waals surface area contributed by atoms with Crippen LogP contribution >= 0.6 is 0 Å². The molecule has 0 aromatic heterocycles. The minimum absolute atomic E-state index is 1.10. The summed E-state index contributed by atoms with van der Waals surface area (Å²) in [4.78, 5) is 0. The molecule has 0 aliphatic heterocycles. The molecule has 1 rings (SSSR count). The lowest BCUT2D eigenvalue weighted by molar-refractivity contribution is 0.922. The van der Waals surface area contributed by atoms with Gasteiger partial charge in [-0.25, -0.2) is 0 Å². The molecule has 0 saturated carbocycles. The summed E-state index contributed by atoms with van der Waals surface area (Å²) < 4.78 is 0. The van der Waals surface area contributed by atoms with Crippen LogP contribution in [0.5, 0.6) is 0 Å². The molecular formula is C15H20. The minimum atomic E-state index is 1.10. The molecule has 80 valence electrons. The Morgan fingerprint density at radius 3 is 2.27 bits per heavy atom. The first-order valence-electron chi connectivity index (χ1n) is 5.56. The maximum absolute atomic E-state index is 4.06. The molecule has 0 aliphatic carbocycles. The highest BCUT2D eigenvalue weighted by Crippen LogP contribution is 2.16. The predicted octanol–water partition coefficient (Wildman–Crippen LogP) is 4.62. The van der Waals surface area contributed by atoms with Gasteiger partial charge < -0.3 is 0 Å². The third-order valence-electron chi connectivity index (χ3n) is 2.33. The van der Waals surface area contributed by atoms with E-state index in [0.717, 1.165) is 12.0 Å². The summed E-state index contributed by atoms with van der Waals surface area (Å²) in [6, 6.07) is 8.71. The Balaban J connectivity index is 2.80. The minimum Gasteiger partial charge on any atom is -0.0912 e. The van der Waals surface area contributed by atoms with E-state index in [0.29, 0.717) is 0 Å². The Labute approximate surface area is 93.3 Å². The maximum atomic E-state index is 4.06. The van der Waals surface area contributed by atoms with E-state index in [1.54, 1.807) is 0 Å². The van der Waals surface area contributed by atoms with Crippen LogP contribution in [0.3, 0.4) is 0 Å². The van der Waals surface area contributed by atoms with Gasteiger partial charge in [0.05, 0.1) is 0 Å². The van der Waals surface area contributed by atoms with Gasteiger partial charge in [0.15, 0.2) is 0 Å². The number of hydrogen-bond acceptors (Lipinski definition) is 0. The molecule has 0 heterocycles. The van der Waals surface area contributed by atoms with E-state index in [1.807, 2.05) is 0 Å². The van der Waals surface area contributed by atoms with Crippen molar-refractivity contribution in [2.75, 3.05) is 0 Å². The monoisotopic (exact) mass is 200 g/mol. The Kier molecular flexibility index (Phi) is 4.36. The van der Waals surface area contributed by atoms with Crippen molar-refractivity contribution < 1.29 is 0 Å². The van der Waals surface area contributed by atoms with Gasteiger partial charge in [-0.05, 0) is 37.0 Å². The van der Waals surface area contributed by atoms with Crippen molar-refractivity contribution in [2.24, 2.45) is 0 Å². The van der Waals surface area contributed by atoms with Gasteiger partial charge in [-0.1, -0.05) is 55.8 Å². The highest BCUT2D eigenvalue weighted by molar-refractivity contribution is 5.72. The molecule has 0 nitrogen and oxygen atoms in total. The molecule has 0 spiro atoms. The van der Waals surface area contributed by atoms with Gasteiger partial charge >= 0.3 is 0 Å². The number of rotatable bonds is 4. The van der Waals surface area contributed by atoms with Crippen LogP contribution in [0.4, 0.5) is 0 Å². The number of benzene rings is 1. The number of aryl methyl sites for hydroxylation is 1. The maximum Gasteiger partial charge on any atom is -0.0190 e. The van der Waals surface area contributed by atoms with Gasteiger partial charge in [0.25, 0.3) is 0 Å². The van der Waals surface area contributed by atoms with Crippen LogP contribution in [0, 0.1) is 0 Å². The molecule has 0 aliphatic rings. The fourth-order valence-corrected chi connectivity index (χ4v) is 1.61. The number of hydrogen-bond donors (Lipinski definition) is 0. The molecule has 0 radical (unpaired) electrons. The average molecular weight is 200 g/mol. The van der Waals surface area contributed by atoms with Crippen molar-refractivity contribution in [3.05, 3.63) is 53.6 Å². The lowest BCUT2D eigenvalue weighted by atomic mass is 10.0. The quantitative estimate of drug-likeness (QED) is 0.622. The fourth-order valence-electron chi connectivity index (χ4n) is 1.61. The van der Waals surface area contributed by atoms with Crippen molar-refractivity contribution in [3.8, 4) is 0 Å². The van der Waals surface area contributed by atoms with Crippen LogP contribution in [0.15, 0.2) is 42.5 Å². The summed E-state index contributed by atoms with van der Waals surface area (Å²) in [6.07, 6.45) is 4.48. The molecule has 1 aromatic carbocycles. The second-order valence-electron chi connectivity index (χ2n) is 4.19. The summed E-state index contributed by atoms with van der Waals surface area (Å²) in [7, 11) is 0. The topological polar surface area (TPSA) is 0 Å². The Morgan fingerprint density at radius 1 is 1.20 bits per heavy atom. The highest BCUT2D eigenvalue weighted by atomic mass is 14.0.